The van der Waals surface area contributed by atoms with E-state index in [1.165, 1.54) is 19.3 Å². The zero-order valence-corrected chi connectivity index (χ0v) is 12.1. The summed E-state index contributed by atoms with van der Waals surface area (Å²) in [6.45, 7) is 0. The summed E-state index contributed by atoms with van der Waals surface area (Å²) in [6.07, 6.45) is 5.13. The highest BCUT2D eigenvalue weighted by Crippen LogP contribution is 2.49. The van der Waals surface area contributed by atoms with Gasteiger partial charge in [-0.15, -0.1) is 0 Å². The van der Waals surface area contributed by atoms with E-state index in [2.05, 4.69) is 15.9 Å². The van der Waals surface area contributed by atoms with Crippen LogP contribution in [0.15, 0.2) is 16.6 Å². The number of Topliss-reactive ketones (excluding diaryl/α,β-unsaturated/α-hetero) is 1. The Morgan fingerprint density at radius 2 is 2.00 bits per heavy atom. The molecule has 2 saturated carbocycles. The molecule has 0 aliphatic heterocycles. The highest BCUT2D eigenvalue weighted by Gasteiger charge is 2.40. The zero-order valence-electron chi connectivity index (χ0n) is 10.5. The van der Waals surface area contributed by atoms with Gasteiger partial charge >= 0.3 is 0 Å². The first-order valence-corrected chi connectivity index (χ1v) is 7.51. The van der Waals surface area contributed by atoms with Crippen molar-refractivity contribution in [3.63, 3.8) is 0 Å². The quantitative estimate of drug-likeness (QED) is 0.578. The molecule has 2 bridgehead atoms. The number of carbonyl (C=O) groups is 1. The molecule has 0 spiro atoms. The Kier molecular flexibility index (Phi) is 3.46. The number of rotatable bonds is 3. The lowest BCUT2D eigenvalue weighted by Gasteiger charge is -2.20. The molecule has 3 rings (SSSR count). The first-order chi connectivity index (χ1) is 9.04. The van der Waals surface area contributed by atoms with Gasteiger partial charge in [-0.3, -0.25) is 4.79 Å². The van der Waals surface area contributed by atoms with Crippen molar-refractivity contribution in [2.75, 3.05) is 0 Å². The third-order valence-electron chi connectivity index (χ3n) is 4.64. The molecule has 2 aliphatic rings. The molecule has 102 valence electrons. The first kappa shape index (κ1) is 13.2. The van der Waals surface area contributed by atoms with Gasteiger partial charge in [0.25, 0.3) is 0 Å². The fraction of sp³-hybridized carbons (Fsp3) is 0.533. The van der Waals surface area contributed by atoms with Gasteiger partial charge in [0.1, 0.15) is 11.6 Å². The van der Waals surface area contributed by atoms with Crippen LogP contribution in [0.3, 0.4) is 0 Å². The number of hydrogen-bond acceptors (Lipinski definition) is 1. The third-order valence-corrected chi connectivity index (χ3v) is 5.25. The van der Waals surface area contributed by atoms with Crippen LogP contribution >= 0.6 is 15.9 Å². The molecule has 0 saturated heterocycles. The Morgan fingerprint density at radius 1 is 1.21 bits per heavy atom. The minimum atomic E-state index is -0.638. The molecular weight excluding hydrogens is 314 g/mol. The van der Waals surface area contributed by atoms with Crippen LogP contribution in [0.5, 0.6) is 0 Å². The van der Waals surface area contributed by atoms with Gasteiger partial charge in [-0.1, -0.05) is 6.42 Å². The minimum Gasteiger partial charge on any atom is -0.294 e. The molecule has 1 aromatic carbocycles. The molecule has 19 heavy (non-hydrogen) atoms. The molecule has 3 unspecified atom stereocenters. The molecule has 0 N–H and O–H groups in total. The summed E-state index contributed by atoms with van der Waals surface area (Å²) < 4.78 is 27.2. The fourth-order valence-electron chi connectivity index (χ4n) is 3.71. The number of halogens is 3. The summed E-state index contributed by atoms with van der Waals surface area (Å²) in [5, 5.41) is 0. The van der Waals surface area contributed by atoms with E-state index in [-0.39, 0.29) is 15.8 Å². The molecule has 1 nitrogen and oxygen atoms in total. The van der Waals surface area contributed by atoms with E-state index in [4.69, 9.17) is 0 Å². The molecule has 4 heteroatoms. The maximum absolute atomic E-state index is 13.7. The topological polar surface area (TPSA) is 17.1 Å². The van der Waals surface area contributed by atoms with Crippen LogP contribution in [0.1, 0.15) is 42.5 Å². The van der Waals surface area contributed by atoms with E-state index in [1.54, 1.807) is 0 Å². The predicted octanol–water partition coefficient (Wildman–Crippen LogP) is 4.74. The van der Waals surface area contributed by atoms with Crippen molar-refractivity contribution in [2.45, 2.75) is 32.1 Å². The van der Waals surface area contributed by atoms with Gasteiger partial charge in [0, 0.05) is 6.42 Å². The van der Waals surface area contributed by atoms with Crippen LogP contribution in [0.4, 0.5) is 8.78 Å². The van der Waals surface area contributed by atoms with Crippen molar-refractivity contribution in [1.29, 1.82) is 0 Å². The van der Waals surface area contributed by atoms with E-state index in [0.29, 0.717) is 18.3 Å². The number of benzene rings is 1. The number of ketones is 1. The Labute approximate surface area is 119 Å². The molecule has 2 aliphatic carbocycles. The largest absolute Gasteiger partial charge is 0.294 e. The summed E-state index contributed by atoms with van der Waals surface area (Å²) in [5.74, 6) is 0.268. The van der Waals surface area contributed by atoms with E-state index in [0.717, 1.165) is 24.5 Å². The average molecular weight is 329 g/mol. The standard InChI is InChI=1S/C15H15BrF2O/c16-12-7-13(17)11(6-14(12)18)15(19)5-10-4-8-1-2-9(10)3-8/h6-10H,1-5H2. The van der Waals surface area contributed by atoms with Crippen LogP contribution < -0.4 is 0 Å². The van der Waals surface area contributed by atoms with Crippen LogP contribution in [0.2, 0.25) is 0 Å². The summed E-state index contributed by atoms with van der Waals surface area (Å²) in [5.41, 5.74) is -0.108. The van der Waals surface area contributed by atoms with Crippen molar-refractivity contribution < 1.29 is 13.6 Å². The molecule has 0 aromatic heterocycles. The highest BCUT2D eigenvalue weighted by atomic mass is 79.9. The molecular formula is C15H15BrF2O. The SMILES string of the molecule is O=C(CC1CC2CCC1C2)c1cc(F)c(Br)cc1F. The smallest absolute Gasteiger partial charge is 0.166 e. The minimum absolute atomic E-state index is 0.0569. The van der Waals surface area contributed by atoms with Crippen molar-refractivity contribution in [3.8, 4) is 0 Å². The Balaban J connectivity index is 1.75. The molecule has 2 fully saturated rings. The fourth-order valence-corrected chi connectivity index (χ4v) is 4.03. The van der Waals surface area contributed by atoms with Crippen molar-refractivity contribution in [2.24, 2.45) is 17.8 Å². The third kappa shape index (κ3) is 2.47. The average Bonchev–Trinajstić information content (AvgIpc) is 2.95. The normalized spacial score (nSPS) is 28.9. The zero-order chi connectivity index (χ0) is 13.6. The van der Waals surface area contributed by atoms with Crippen LogP contribution in [-0.4, -0.2) is 5.78 Å². The van der Waals surface area contributed by atoms with Crippen LogP contribution in [0.25, 0.3) is 0 Å². The van der Waals surface area contributed by atoms with Crippen LogP contribution in [-0.2, 0) is 0 Å². The predicted molar refractivity (Wildman–Crippen MR) is 71.9 cm³/mol. The number of hydrogen-bond donors (Lipinski definition) is 0. The Morgan fingerprint density at radius 3 is 2.63 bits per heavy atom. The van der Waals surface area contributed by atoms with Crippen molar-refractivity contribution >= 4 is 21.7 Å². The maximum atomic E-state index is 13.7. The van der Waals surface area contributed by atoms with E-state index >= 15 is 0 Å². The van der Waals surface area contributed by atoms with Gasteiger partial charge in [-0.25, -0.2) is 8.78 Å². The second-order valence-corrected chi connectivity index (χ2v) is 6.66. The summed E-state index contributed by atoms with van der Waals surface area (Å²) in [6, 6.07) is 2.04. The summed E-state index contributed by atoms with van der Waals surface area (Å²) in [4.78, 5) is 12.1. The van der Waals surface area contributed by atoms with E-state index < -0.39 is 11.6 Å². The molecule has 0 heterocycles. The first-order valence-electron chi connectivity index (χ1n) is 6.72. The molecule has 3 atom stereocenters. The number of fused-ring (bicyclic) bond motifs is 2. The van der Waals surface area contributed by atoms with Crippen LogP contribution in [0, 0.1) is 29.4 Å². The number of carbonyl (C=O) groups excluding carboxylic acids is 1. The van der Waals surface area contributed by atoms with Gasteiger partial charge in [0.2, 0.25) is 0 Å². The lowest BCUT2D eigenvalue weighted by molar-refractivity contribution is 0.0939. The van der Waals surface area contributed by atoms with Gasteiger partial charge in [-0.2, -0.15) is 0 Å². The Bertz CT molecular complexity index is 529. The Hall–Kier alpha value is -0.770. The summed E-state index contributed by atoms with van der Waals surface area (Å²) in [7, 11) is 0. The second-order valence-electron chi connectivity index (χ2n) is 5.81. The highest BCUT2D eigenvalue weighted by molar-refractivity contribution is 9.10. The van der Waals surface area contributed by atoms with Crippen molar-refractivity contribution in [1.82, 2.24) is 0 Å². The second kappa shape index (κ2) is 4.97. The van der Waals surface area contributed by atoms with Gasteiger partial charge in [0.15, 0.2) is 5.78 Å². The van der Waals surface area contributed by atoms with Gasteiger partial charge in [-0.05, 0) is 65.1 Å². The lowest BCUT2D eigenvalue weighted by atomic mass is 9.84. The lowest BCUT2D eigenvalue weighted by Crippen LogP contribution is -2.16. The van der Waals surface area contributed by atoms with Gasteiger partial charge < -0.3 is 0 Å². The molecule has 0 radical (unpaired) electrons. The van der Waals surface area contributed by atoms with Gasteiger partial charge in [0.05, 0.1) is 10.0 Å². The van der Waals surface area contributed by atoms with E-state index in [1.807, 2.05) is 0 Å². The molecule has 1 aromatic rings. The monoisotopic (exact) mass is 328 g/mol. The summed E-state index contributed by atoms with van der Waals surface area (Å²) >= 11 is 2.92. The van der Waals surface area contributed by atoms with E-state index in [9.17, 15) is 13.6 Å². The van der Waals surface area contributed by atoms with Crippen molar-refractivity contribution in [3.05, 3.63) is 33.8 Å². The molecule has 0 amide bonds. The maximum Gasteiger partial charge on any atom is 0.166 e.